The number of amides is 3. The quantitative estimate of drug-likeness (QED) is 0.744. The van der Waals surface area contributed by atoms with Gasteiger partial charge in [0, 0.05) is 26.3 Å². The predicted molar refractivity (Wildman–Crippen MR) is 104 cm³/mol. The van der Waals surface area contributed by atoms with E-state index in [1.54, 1.807) is 24.6 Å². The number of anilines is 3. The van der Waals surface area contributed by atoms with Crippen molar-refractivity contribution in [3.05, 3.63) is 40.7 Å². The molecule has 0 saturated carbocycles. The van der Waals surface area contributed by atoms with Crippen molar-refractivity contribution >= 4 is 29.1 Å². The first kappa shape index (κ1) is 20.6. The number of nitrogens with zero attached hydrogens (tertiary/aromatic N) is 5. The van der Waals surface area contributed by atoms with Crippen LogP contribution in [0.3, 0.4) is 0 Å². The van der Waals surface area contributed by atoms with E-state index in [4.69, 9.17) is 0 Å². The summed E-state index contributed by atoms with van der Waals surface area (Å²) in [5.74, 6) is -1.49. The van der Waals surface area contributed by atoms with E-state index in [-0.39, 0.29) is 17.5 Å². The van der Waals surface area contributed by atoms with Gasteiger partial charge in [-0.2, -0.15) is 13.2 Å². The molecule has 0 radical (unpaired) electrons. The molecule has 2 N–H and O–H groups in total. The van der Waals surface area contributed by atoms with Crippen molar-refractivity contribution in [1.82, 2.24) is 19.9 Å². The number of pyridine rings is 1. The molecule has 2 bridgehead atoms. The Morgan fingerprint density at radius 1 is 1.32 bits per heavy atom. The number of urea groups is 1. The van der Waals surface area contributed by atoms with E-state index < -0.39 is 36.0 Å². The third-order valence-corrected chi connectivity index (χ3v) is 5.08. The number of aromatic nitrogens is 3. The molecule has 2 aromatic heterocycles. The minimum absolute atomic E-state index is 0.0641. The minimum atomic E-state index is -4.58. The Bertz CT molecular complexity index is 1100. The van der Waals surface area contributed by atoms with Crippen LogP contribution in [0.1, 0.15) is 17.0 Å². The van der Waals surface area contributed by atoms with Crippen molar-refractivity contribution in [2.75, 3.05) is 34.8 Å². The lowest BCUT2D eigenvalue weighted by molar-refractivity contribution is -0.123. The highest BCUT2D eigenvalue weighted by Crippen LogP contribution is 2.38. The molecule has 4 rings (SSSR count). The van der Waals surface area contributed by atoms with Gasteiger partial charge in [0.25, 0.3) is 11.5 Å². The Hall–Kier alpha value is -3.64. The summed E-state index contributed by atoms with van der Waals surface area (Å²) < 4.78 is 38.5. The maximum absolute atomic E-state index is 13.1. The SMILES string of the molecule is Cn1cccc(NC(=O)N2c3nc(C(=O)NCC(F)(F)F)ncc3N3CC[C@H]2C3)c1=O. The Morgan fingerprint density at radius 3 is 2.84 bits per heavy atom. The molecule has 2 aliphatic rings. The molecule has 10 nitrogen and oxygen atoms in total. The maximum Gasteiger partial charge on any atom is 0.405 e. The zero-order valence-electron chi connectivity index (χ0n) is 16.3. The van der Waals surface area contributed by atoms with Crippen molar-refractivity contribution in [3.8, 4) is 0 Å². The van der Waals surface area contributed by atoms with Gasteiger partial charge < -0.3 is 20.1 Å². The van der Waals surface area contributed by atoms with E-state index in [0.717, 1.165) is 0 Å². The van der Waals surface area contributed by atoms with Gasteiger partial charge in [0.05, 0.1) is 17.9 Å². The summed E-state index contributed by atoms with van der Waals surface area (Å²) in [5.41, 5.74) is 0.141. The molecule has 31 heavy (non-hydrogen) atoms. The maximum atomic E-state index is 13.1. The number of carbonyl (C=O) groups excluding carboxylic acids is 2. The van der Waals surface area contributed by atoms with Gasteiger partial charge in [-0.3, -0.25) is 14.5 Å². The van der Waals surface area contributed by atoms with Crippen LogP contribution in [0.25, 0.3) is 0 Å². The molecule has 3 amide bonds. The van der Waals surface area contributed by atoms with Gasteiger partial charge in [-0.05, 0) is 18.6 Å². The molecule has 0 aromatic carbocycles. The molecule has 2 aliphatic heterocycles. The van der Waals surface area contributed by atoms with Gasteiger partial charge in [0.15, 0.2) is 5.82 Å². The number of rotatable bonds is 3. The fourth-order valence-corrected chi connectivity index (χ4v) is 3.61. The second kappa shape index (κ2) is 7.56. The Kier molecular flexibility index (Phi) is 5.03. The molecule has 0 aliphatic carbocycles. The van der Waals surface area contributed by atoms with Gasteiger partial charge in [-0.25, -0.2) is 14.8 Å². The average molecular weight is 437 g/mol. The van der Waals surface area contributed by atoms with Crippen molar-refractivity contribution in [2.45, 2.75) is 18.6 Å². The molecule has 13 heteroatoms. The van der Waals surface area contributed by atoms with Gasteiger partial charge in [-0.1, -0.05) is 0 Å². The third kappa shape index (κ3) is 4.02. The van der Waals surface area contributed by atoms with Gasteiger partial charge in [0.2, 0.25) is 5.82 Å². The normalized spacial score (nSPS) is 17.4. The number of carbonyl (C=O) groups is 2. The van der Waals surface area contributed by atoms with Crippen molar-refractivity contribution in [2.24, 2.45) is 7.05 Å². The second-order valence-corrected chi connectivity index (χ2v) is 7.23. The van der Waals surface area contributed by atoms with Gasteiger partial charge in [-0.15, -0.1) is 0 Å². The summed E-state index contributed by atoms with van der Waals surface area (Å²) in [5, 5.41) is 4.28. The fraction of sp³-hybridized carbons (Fsp3) is 0.389. The minimum Gasteiger partial charge on any atom is -0.365 e. The summed E-state index contributed by atoms with van der Waals surface area (Å²) in [6, 6.07) is 2.16. The highest BCUT2D eigenvalue weighted by Gasteiger charge is 2.41. The van der Waals surface area contributed by atoms with E-state index in [0.29, 0.717) is 25.2 Å². The number of aryl methyl sites for hydroxylation is 1. The van der Waals surface area contributed by atoms with Crippen LogP contribution in [0.15, 0.2) is 29.3 Å². The summed E-state index contributed by atoms with van der Waals surface area (Å²) in [6.07, 6.45) is -1.11. The number of hydrogen-bond donors (Lipinski definition) is 2. The van der Waals surface area contributed by atoms with Gasteiger partial charge in [0.1, 0.15) is 12.2 Å². The number of hydrogen-bond acceptors (Lipinski definition) is 6. The molecule has 0 spiro atoms. The standard InChI is InChI=1S/C18H18F3N7O3/c1-26-5-2-3-11(16(26)30)24-17(31)28-10-4-6-27(8-10)12-7-22-13(25-14(12)28)15(29)23-9-18(19,20)21/h2-3,5,7,10H,4,6,8-9H2,1H3,(H,23,29)(H,24,31)/t10-/m0/s1. The van der Waals surface area contributed by atoms with Crippen LogP contribution in [0.2, 0.25) is 0 Å². The lowest BCUT2D eigenvalue weighted by Gasteiger charge is -2.35. The number of halogens is 3. The number of nitrogens with one attached hydrogen (secondary N) is 2. The van der Waals surface area contributed by atoms with E-state index in [1.165, 1.54) is 21.7 Å². The van der Waals surface area contributed by atoms with Crippen molar-refractivity contribution in [1.29, 1.82) is 0 Å². The van der Waals surface area contributed by atoms with Crippen LogP contribution in [-0.2, 0) is 7.05 Å². The molecule has 1 fully saturated rings. The fourth-order valence-electron chi connectivity index (χ4n) is 3.61. The van der Waals surface area contributed by atoms with Crippen molar-refractivity contribution < 1.29 is 22.8 Å². The van der Waals surface area contributed by atoms with E-state index in [1.807, 2.05) is 4.90 Å². The Labute approximate surface area is 173 Å². The van der Waals surface area contributed by atoms with Crippen LogP contribution >= 0.6 is 0 Å². The Balaban J connectivity index is 1.64. The molecular weight excluding hydrogens is 419 g/mol. The number of alkyl halides is 3. The van der Waals surface area contributed by atoms with E-state index >= 15 is 0 Å². The monoisotopic (exact) mass is 437 g/mol. The summed E-state index contributed by atoms with van der Waals surface area (Å²) in [4.78, 5) is 48.6. The lowest BCUT2D eigenvalue weighted by atomic mass is 10.2. The Morgan fingerprint density at radius 2 is 2.10 bits per heavy atom. The van der Waals surface area contributed by atoms with E-state index in [2.05, 4.69) is 15.3 Å². The van der Waals surface area contributed by atoms with Crippen LogP contribution in [0.4, 0.5) is 35.2 Å². The predicted octanol–water partition coefficient (Wildman–Crippen LogP) is 1.10. The second-order valence-electron chi connectivity index (χ2n) is 7.23. The van der Waals surface area contributed by atoms with Crippen molar-refractivity contribution in [3.63, 3.8) is 0 Å². The first-order valence-corrected chi connectivity index (χ1v) is 9.37. The smallest absolute Gasteiger partial charge is 0.365 e. The largest absolute Gasteiger partial charge is 0.405 e. The third-order valence-electron chi connectivity index (χ3n) is 5.08. The molecule has 2 aromatic rings. The van der Waals surface area contributed by atoms with Gasteiger partial charge >= 0.3 is 12.2 Å². The average Bonchev–Trinajstić information content (AvgIpc) is 3.13. The lowest BCUT2D eigenvalue weighted by Crippen LogP contribution is -2.49. The zero-order chi connectivity index (χ0) is 22.3. The van der Waals surface area contributed by atoms with Crippen LogP contribution in [0, 0.1) is 0 Å². The summed E-state index contributed by atoms with van der Waals surface area (Å²) >= 11 is 0. The summed E-state index contributed by atoms with van der Waals surface area (Å²) in [7, 11) is 1.54. The first-order valence-electron chi connectivity index (χ1n) is 9.37. The molecule has 164 valence electrons. The number of fused-ring (bicyclic) bond motifs is 4. The molecule has 1 saturated heterocycles. The topological polar surface area (TPSA) is 112 Å². The van der Waals surface area contributed by atoms with Crippen LogP contribution < -0.4 is 26.0 Å². The van der Waals surface area contributed by atoms with Crippen LogP contribution in [0.5, 0.6) is 0 Å². The zero-order valence-corrected chi connectivity index (χ0v) is 16.3. The molecule has 4 heterocycles. The van der Waals surface area contributed by atoms with E-state index in [9.17, 15) is 27.6 Å². The van der Waals surface area contributed by atoms with Crippen LogP contribution in [-0.4, -0.2) is 58.3 Å². The molecule has 0 unspecified atom stereocenters. The first-order chi connectivity index (χ1) is 14.6. The molecular formula is C18H18F3N7O3. The highest BCUT2D eigenvalue weighted by molar-refractivity contribution is 6.05. The summed E-state index contributed by atoms with van der Waals surface area (Å²) in [6.45, 7) is -0.393. The highest BCUT2D eigenvalue weighted by atomic mass is 19.4. The molecule has 1 atom stereocenters.